The van der Waals surface area contributed by atoms with Gasteiger partial charge in [0.2, 0.25) is 5.91 Å². The summed E-state index contributed by atoms with van der Waals surface area (Å²) in [6, 6.07) is 24.3. The molecule has 0 aromatic heterocycles. The number of hydrogen-bond donors (Lipinski definition) is 2. The van der Waals surface area contributed by atoms with E-state index in [2.05, 4.69) is 54.7 Å². The highest BCUT2D eigenvalue weighted by Gasteiger charge is 2.67. The van der Waals surface area contributed by atoms with Crippen molar-refractivity contribution in [1.82, 2.24) is 5.32 Å². The highest BCUT2D eigenvalue weighted by Crippen LogP contribution is 2.61. The van der Waals surface area contributed by atoms with E-state index in [9.17, 15) is 4.79 Å². The fourth-order valence-electron chi connectivity index (χ4n) is 6.37. The monoisotopic (exact) mass is 468 g/mol. The summed E-state index contributed by atoms with van der Waals surface area (Å²) in [6.45, 7) is 2.69. The molecule has 3 aromatic carbocycles. The van der Waals surface area contributed by atoms with Crippen LogP contribution in [0, 0.1) is 11.8 Å². The van der Waals surface area contributed by atoms with Crippen LogP contribution >= 0.6 is 0 Å². The number of hydrogen-bond acceptors (Lipinski definition) is 4. The standard InChI is InChI=1S/C29H33BN2O3/c1-29-24-16-23(17-24)27(29)34-30(35-29)25(14-20-11-12-21-9-5-6-10-22(21)13-20)18-32-28(33)26(31)15-19-7-3-2-4-8-19/h2-13,23-27H,14-18,31H2,1H3,(H,32,33)/t23?,24?,25?,26-,27?,29?/m0/s1. The Balaban J connectivity index is 1.17. The van der Waals surface area contributed by atoms with Crippen LogP contribution in [0.15, 0.2) is 72.8 Å². The zero-order chi connectivity index (χ0) is 24.0. The van der Waals surface area contributed by atoms with Crippen LogP contribution in [-0.2, 0) is 26.9 Å². The minimum Gasteiger partial charge on any atom is -0.405 e. The van der Waals surface area contributed by atoms with Gasteiger partial charge in [-0.25, -0.2) is 0 Å². The molecule has 2 bridgehead atoms. The van der Waals surface area contributed by atoms with Crippen LogP contribution in [0.2, 0.25) is 5.82 Å². The number of carbonyl (C=O) groups excluding carboxylic acids is 1. The zero-order valence-electron chi connectivity index (χ0n) is 20.2. The predicted molar refractivity (Wildman–Crippen MR) is 139 cm³/mol. The molecule has 6 heteroatoms. The van der Waals surface area contributed by atoms with E-state index in [4.69, 9.17) is 15.0 Å². The molecule has 3 unspecified atom stereocenters. The van der Waals surface area contributed by atoms with Gasteiger partial charge in [-0.15, -0.1) is 0 Å². The van der Waals surface area contributed by atoms with Gasteiger partial charge in [0, 0.05) is 12.4 Å². The maximum absolute atomic E-state index is 12.9. The smallest absolute Gasteiger partial charge is 0.405 e. The summed E-state index contributed by atoms with van der Waals surface area (Å²) in [4.78, 5) is 12.9. The molecule has 4 atom stereocenters. The number of fused-ring (bicyclic) bond motifs is 1. The van der Waals surface area contributed by atoms with Crippen molar-refractivity contribution in [2.24, 2.45) is 17.6 Å². The molecule has 4 fully saturated rings. The van der Waals surface area contributed by atoms with Gasteiger partial charge in [0.15, 0.2) is 0 Å². The first-order chi connectivity index (χ1) is 17.0. The van der Waals surface area contributed by atoms with Gasteiger partial charge in [0.1, 0.15) is 0 Å². The molecule has 180 valence electrons. The van der Waals surface area contributed by atoms with Crippen molar-refractivity contribution in [2.75, 3.05) is 6.54 Å². The van der Waals surface area contributed by atoms with Gasteiger partial charge in [-0.05, 0) is 66.3 Å². The Morgan fingerprint density at radius 2 is 1.77 bits per heavy atom. The van der Waals surface area contributed by atoms with Gasteiger partial charge < -0.3 is 20.4 Å². The van der Waals surface area contributed by atoms with Crippen molar-refractivity contribution in [3.05, 3.63) is 83.9 Å². The Morgan fingerprint density at radius 1 is 1.03 bits per heavy atom. The van der Waals surface area contributed by atoms with Gasteiger partial charge in [-0.3, -0.25) is 4.79 Å². The zero-order valence-corrected chi connectivity index (χ0v) is 20.2. The topological polar surface area (TPSA) is 73.6 Å². The van der Waals surface area contributed by atoms with E-state index >= 15 is 0 Å². The second-order valence-corrected chi connectivity index (χ2v) is 10.8. The molecule has 1 aliphatic heterocycles. The van der Waals surface area contributed by atoms with Crippen molar-refractivity contribution < 1.29 is 14.1 Å². The Hall–Kier alpha value is -2.67. The molecule has 0 radical (unpaired) electrons. The van der Waals surface area contributed by atoms with E-state index in [1.807, 2.05) is 30.3 Å². The molecule has 1 amide bonds. The normalized spacial score (nSPS) is 28.4. The molecule has 4 aliphatic rings. The van der Waals surface area contributed by atoms with Crippen LogP contribution in [-0.4, -0.2) is 37.3 Å². The number of carbonyl (C=O) groups is 1. The third-order valence-corrected chi connectivity index (χ3v) is 8.50. The lowest BCUT2D eigenvalue weighted by Crippen LogP contribution is -2.45. The SMILES string of the molecule is CC12OB(C(CNC(=O)[C@@H](N)Cc3ccccc3)Cc3ccc4ccccc4c3)OC1C1CC2C1. The molecule has 3 aliphatic carbocycles. The summed E-state index contributed by atoms with van der Waals surface area (Å²) < 4.78 is 13.2. The number of benzene rings is 3. The van der Waals surface area contributed by atoms with Crippen molar-refractivity contribution >= 4 is 23.8 Å². The molecule has 7 rings (SSSR count). The van der Waals surface area contributed by atoms with Gasteiger partial charge >= 0.3 is 7.12 Å². The summed E-state index contributed by atoms with van der Waals surface area (Å²) >= 11 is 0. The molecule has 5 nitrogen and oxygen atoms in total. The van der Waals surface area contributed by atoms with Crippen LogP contribution in [0.1, 0.15) is 30.9 Å². The van der Waals surface area contributed by atoms with E-state index in [0.29, 0.717) is 24.8 Å². The molecule has 35 heavy (non-hydrogen) atoms. The van der Waals surface area contributed by atoms with E-state index in [-0.39, 0.29) is 30.5 Å². The summed E-state index contributed by atoms with van der Waals surface area (Å²) in [5, 5.41) is 5.56. The lowest BCUT2D eigenvalue weighted by molar-refractivity contribution is -0.122. The van der Waals surface area contributed by atoms with Gasteiger partial charge in [0.25, 0.3) is 0 Å². The summed E-state index contributed by atoms with van der Waals surface area (Å²) in [6.07, 6.45) is 3.89. The average Bonchev–Trinajstić information content (AvgIpc) is 3.40. The third kappa shape index (κ3) is 4.28. The lowest BCUT2D eigenvalue weighted by atomic mass is 9.67. The van der Waals surface area contributed by atoms with Crippen LogP contribution < -0.4 is 11.1 Å². The van der Waals surface area contributed by atoms with Crippen molar-refractivity contribution in [1.29, 1.82) is 0 Å². The second kappa shape index (κ2) is 9.09. The molecule has 1 heterocycles. The lowest BCUT2D eigenvalue weighted by Gasteiger charge is -2.32. The molecule has 3 aromatic rings. The summed E-state index contributed by atoms with van der Waals surface area (Å²) in [5.41, 5.74) is 8.34. The fraction of sp³-hybridized carbons (Fsp3) is 0.414. The fourth-order valence-corrected chi connectivity index (χ4v) is 6.37. The first kappa shape index (κ1) is 22.8. The van der Waals surface area contributed by atoms with E-state index in [1.54, 1.807) is 0 Å². The summed E-state index contributed by atoms with van der Waals surface area (Å²) in [7, 11) is -0.326. The van der Waals surface area contributed by atoms with Crippen LogP contribution in [0.4, 0.5) is 0 Å². The Kier molecular flexibility index (Phi) is 5.91. The van der Waals surface area contributed by atoms with Crippen LogP contribution in [0.5, 0.6) is 0 Å². The number of nitrogens with one attached hydrogen (secondary N) is 1. The Morgan fingerprint density at radius 3 is 2.54 bits per heavy atom. The average molecular weight is 468 g/mol. The number of amides is 1. The predicted octanol–water partition coefficient (Wildman–Crippen LogP) is 4.14. The number of rotatable bonds is 8. The quantitative estimate of drug-likeness (QED) is 0.488. The van der Waals surface area contributed by atoms with Gasteiger partial charge in [-0.1, -0.05) is 72.8 Å². The number of nitrogens with two attached hydrogens (primary N) is 1. The maximum Gasteiger partial charge on any atom is 0.463 e. The van der Waals surface area contributed by atoms with Crippen molar-refractivity contribution in [2.45, 2.75) is 56.2 Å². The van der Waals surface area contributed by atoms with Crippen LogP contribution in [0.25, 0.3) is 10.8 Å². The Bertz CT molecular complexity index is 1210. The van der Waals surface area contributed by atoms with E-state index < -0.39 is 6.04 Å². The highest BCUT2D eigenvalue weighted by molar-refractivity contribution is 6.47. The largest absolute Gasteiger partial charge is 0.463 e. The molecule has 3 saturated carbocycles. The first-order valence-corrected chi connectivity index (χ1v) is 12.9. The highest BCUT2D eigenvalue weighted by atomic mass is 16.7. The Labute approximate surface area is 207 Å². The van der Waals surface area contributed by atoms with Crippen molar-refractivity contribution in [3.8, 4) is 0 Å². The van der Waals surface area contributed by atoms with Gasteiger partial charge in [0.05, 0.1) is 17.7 Å². The molecule has 1 saturated heterocycles. The molecule has 0 spiro atoms. The van der Waals surface area contributed by atoms with E-state index in [1.165, 1.54) is 29.2 Å². The molecular weight excluding hydrogens is 435 g/mol. The van der Waals surface area contributed by atoms with Crippen molar-refractivity contribution in [3.63, 3.8) is 0 Å². The molecule has 3 N–H and O–H groups in total. The van der Waals surface area contributed by atoms with E-state index in [0.717, 1.165) is 12.0 Å². The third-order valence-electron chi connectivity index (χ3n) is 8.50. The van der Waals surface area contributed by atoms with Crippen LogP contribution in [0.3, 0.4) is 0 Å². The summed E-state index contributed by atoms with van der Waals surface area (Å²) in [5.74, 6) is 1.08. The minimum absolute atomic E-state index is 0.00543. The first-order valence-electron chi connectivity index (χ1n) is 12.9. The van der Waals surface area contributed by atoms with Gasteiger partial charge in [-0.2, -0.15) is 0 Å². The second-order valence-electron chi connectivity index (χ2n) is 10.8. The maximum atomic E-state index is 12.9. The minimum atomic E-state index is -0.589. The molecular formula is C29H33BN2O3.